The van der Waals surface area contributed by atoms with Crippen molar-refractivity contribution in [2.45, 2.75) is 25.6 Å². The monoisotopic (exact) mass is 388 g/mol. The fourth-order valence-corrected chi connectivity index (χ4v) is 2.96. The molecule has 1 fully saturated rings. The third-order valence-corrected chi connectivity index (χ3v) is 4.45. The van der Waals surface area contributed by atoms with Crippen LogP contribution in [0.2, 0.25) is 0 Å². The van der Waals surface area contributed by atoms with Crippen LogP contribution in [0.25, 0.3) is 0 Å². The van der Waals surface area contributed by atoms with Crippen molar-refractivity contribution in [3.63, 3.8) is 0 Å². The molecule has 2 unspecified atom stereocenters. The van der Waals surface area contributed by atoms with E-state index in [2.05, 4.69) is 0 Å². The van der Waals surface area contributed by atoms with Crippen LogP contribution in [0.4, 0.5) is 22.0 Å². The van der Waals surface area contributed by atoms with Crippen LogP contribution in [-0.2, 0) is 11.3 Å². The molecule has 0 aliphatic carbocycles. The molecule has 2 atom stereocenters. The summed E-state index contributed by atoms with van der Waals surface area (Å²) in [7, 11) is 0. The van der Waals surface area contributed by atoms with Crippen molar-refractivity contribution < 1.29 is 36.5 Å². The number of hydrogen-bond acceptors (Lipinski definition) is 3. The van der Waals surface area contributed by atoms with Gasteiger partial charge in [-0.3, -0.25) is 0 Å². The quantitative estimate of drug-likeness (QED) is 0.609. The van der Waals surface area contributed by atoms with Crippen LogP contribution in [-0.4, -0.2) is 18.3 Å². The Balaban J connectivity index is 1.72. The molecule has 1 aliphatic heterocycles. The minimum Gasteiger partial charge on any atom is -0.483 e. The lowest BCUT2D eigenvalue weighted by atomic mass is 9.95. The van der Waals surface area contributed by atoms with Gasteiger partial charge in [0.15, 0.2) is 34.8 Å². The predicted octanol–water partition coefficient (Wildman–Crippen LogP) is 4.42. The van der Waals surface area contributed by atoms with Gasteiger partial charge in [0.05, 0.1) is 12.7 Å². The van der Waals surface area contributed by atoms with E-state index in [4.69, 9.17) is 14.6 Å². The van der Waals surface area contributed by atoms with Crippen molar-refractivity contribution in [1.82, 2.24) is 0 Å². The second kappa shape index (κ2) is 8.22. The Kier molecular flexibility index (Phi) is 5.96. The SMILES string of the molecule is OCC1CCC(c2cc(F)c(OCc3cc(F)c(F)c(F)c3)c(F)c2)OC1. The molecule has 0 aromatic heterocycles. The van der Waals surface area contributed by atoms with Gasteiger partial charge in [-0.2, -0.15) is 0 Å². The van der Waals surface area contributed by atoms with Crippen molar-refractivity contribution in [1.29, 1.82) is 0 Å². The number of aliphatic hydroxyl groups excluding tert-OH is 1. The molecule has 3 nitrogen and oxygen atoms in total. The van der Waals surface area contributed by atoms with Gasteiger partial charge >= 0.3 is 0 Å². The number of benzene rings is 2. The number of aliphatic hydroxyl groups is 1. The van der Waals surface area contributed by atoms with E-state index in [1.165, 1.54) is 0 Å². The second-order valence-corrected chi connectivity index (χ2v) is 6.42. The summed E-state index contributed by atoms with van der Waals surface area (Å²) in [4.78, 5) is 0. The molecule has 0 saturated carbocycles. The zero-order valence-electron chi connectivity index (χ0n) is 14.2. The third kappa shape index (κ3) is 4.39. The van der Waals surface area contributed by atoms with E-state index in [9.17, 15) is 22.0 Å². The molecule has 3 rings (SSSR count). The molecular weight excluding hydrogens is 371 g/mol. The van der Waals surface area contributed by atoms with Gasteiger partial charge in [-0.1, -0.05) is 0 Å². The van der Waals surface area contributed by atoms with Gasteiger partial charge in [-0.05, 0) is 48.2 Å². The summed E-state index contributed by atoms with van der Waals surface area (Å²) in [5.41, 5.74) is 0.188. The number of rotatable bonds is 5. The first-order valence-electron chi connectivity index (χ1n) is 8.36. The van der Waals surface area contributed by atoms with Crippen molar-refractivity contribution in [2.75, 3.05) is 13.2 Å². The fourth-order valence-electron chi connectivity index (χ4n) is 2.96. The third-order valence-electron chi connectivity index (χ3n) is 4.45. The first-order valence-corrected chi connectivity index (χ1v) is 8.36. The average Bonchev–Trinajstić information content (AvgIpc) is 2.65. The van der Waals surface area contributed by atoms with E-state index in [1.54, 1.807) is 0 Å². The molecule has 1 heterocycles. The van der Waals surface area contributed by atoms with Crippen molar-refractivity contribution in [3.8, 4) is 5.75 Å². The van der Waals surface area contributed by atoms with E-state index in [1.807, 2.05) is 0 Å². The molecule has 1 saturated heterocycles. The lowest BCUT2D eigenvalue weighted by Crippen LogP contribution is -2.23. The Bertz CT molecular complexity index is 773. The van der Waals surface area contributed by atoms with Crippen LogP contribution in [0.5, 0.6) is 5.75 Å². The average molecular weight is 388 g/mol. The summed E-state index contributed by atoms with van der Waals surface area (Å²) in [5, 5.41) is 9.09. The molecule has 0 amide bonds. The molecule has 2 aromatic carbocycles. The number of ether oxygens (including phenoxy) is 2. The van der Waals surface area contributed by atoms with Crippen LogP contribution in [0.1, 0.15) is 30.1 Å². The summed E-state index contributed by atoms with van der Waals surface area (Å²) >= 11 is 0. The topological polar surface area (TPSA) is 38.7 Å². The van der Waals surface area contributed by atoms with Gasteiger partial charge in [-0.15, -0.1) is 0 Å². The smallest absolute Gasteiger partial charge is 0.194 e. The van der Waals surface area contributed by atoms with Crippen molar-refractivity contribution in [3.05, 3.63) is 64.5 Å². The molecule has 27 heavy (non-hydrogen) atoms. The van der Waals surface area contributed by atoms with Crippen molar-refractivity contribution in [2.24, 2.45) is 5.92 Å². The lowest BCUT2D eigenvalue weighted by molar-refractivity contribution is -0.0317. The van der Waals surface area contributed by atoms with E-state index in [0.717, 1.165) is 12.1 Å². The van der Waals surface area contributed by atoms with Crippen molar-refractivity contribution >= 4 is 0 Å². The Morgan fingerprint density at radius 2 is 1.56 bits per heavy atom. The molecule has 1 N–H and O–H groups in total. The Morgan fingerprint density at radius 1 is 0.926 bits per heavy atom. The van der Waals surface area contributed by atoms with Gasteiger partial charge < -0.3 is 14.6 Å². The van der Waals surface area contributed by atoms with Gasteiger partial charge in [0.25, 0.3) is 0 Å². The van der Waals surface area contributed by atoms with Crippen LogP contribution < -0.4 is 4.74 Å². The molecule has 0 bridgehead atoms. The molecule has 8 heteroatoms. The summed E-state index contributed by atoms with van der Waals surface area (Å²) in [5.74, 6) is -7.12. The van der Waals surface area contributed by atoms with Crippen LogP contribution in [0.3, 0.4) is 0 Å². The van der Waals surface area contributed by atoms with E-state index < -0.39 is 47.5 Å². The highest BCUT2D eigenvalue weighted by Gasteiger charge is 2.25. The summed E-state index contributed by atoms with van der Waals surface area (Å²) in [6.45, 7) is -0.253. The highest BCUT2D eigenvalue weighted by atomic mass is 19.2. The summed E-state index contributed by atoms with van der Waals surface area (Å²) in [6, 6.07) is 3.54. The molecule has 2 aromatic rings. The molecule has 1 aliphatic rings. The van der Waals surface area contributed by atoms with E-state index in [0.29, 0.717) is 37.1 Å². The zero-order valence-corrected chi connectivity index (χ0v) is 14.2. The highest BCUT2D eigenvalue weighted by Crippen LogP contribution is 2.34. The minimum absolute atomic E-state index is 0.00715. The molecular formula is C19H17F5O3. The van der Waals surface area contributed by atoms with Gasteiger partial charge in [0, 0.05) is 12.5 Å². The number of hydrogen-bond donors (Lipinski definition) is 1. The standard InChI is InChI=1S/C19H17F5O3/c20-13-3-11(4-14(21)18(13)24)9-27-19-15(22)5-12(6-16(19)23)17-2-1-10(7-25)8-26-17/h3-6,10,17,25H,1-2,7-9H2. The second-order valence-electron chi connectivity index (χ2n) is 6.42. The maximum absolute atomic E-state index is 14.3. The van der Waals surface area contributed by atoms with E-state index >= 15 is 0 Å². The van der Waals surface area contributed by atoms with E-state index in [-0.39, 0.29) is 18.1 Å². The Hall–Kier alpha value is -2.19. The molecule has 0 spiro atoms. The van der Waals surface area contributed by atoms with Gasteiger partial charge in [0.2, 0.25) is 0 Å². The maximum atomic E-state index is 14.3. The zero-order chi connectivity index (χ0) is 19.6. The summed E-state index contributed by atoms with van der Waals surface area (Å²) in [6.07, 6.45) is 0.689. The largest absolute Gasteiger partial charge is 0.483 e. The first kappa shape index (κ1) is 19.6. The molecule has 146 valence electrons. The maximum Gasteiger partial charge on any atom is 0.194 e. The minimum atomic E-state index is -1.63. The summed E-state index contributed by atoms with van der Waals surface area (Å²) < 4.78 is 78.4. The van der Waals surface area contributed by atoms with Crippen LogP contribution in [0, 0.1) is 35.0 Å². The first-order chi connectivity index (χ1) is 12.9. The van der Waals surface area contributed by atoms with Gasteiger partial charge in [0.1, 0.15) is 6.61 Å². The molecule has 0 radical (unpaired) electrons. The number of halogens is 5. The Labute approximate surface area is 152 Å². The van der Waals surface area contributed by atoms with Gasteiger partial charge in [-0.25, -0.2) is 22.0 Å². The lowest BCUT2D eigenvalue weighted by Gasteiger charge is -2.28. The van der Waals surface area contributed by atoms with Crippen LogP contribution in [0.15, 0.2) is 24.3 Å². The predicted molar refractivity (Wildman–Crippen MR) is 85.5 cm³/mol. The highest BCUT2D eigenvalue weighted by molar-refractivity contribution is 5.33. The van der Waals surface area contributed by atoms with Crippen LogP contribution >= 0.6 is 0 Å². The normalized spacial score (nSPS) is 19.9. The Morgan fingerprint density at radius 3 is 2.07 bits per heavy atom. The fraction of sp³-hybridized carbons (Fsp3) is 0.368.